The van der Waals surface area contributed by atoms with Crippen molar-refractivity contribution in [3.8, 4) is 0 Å². The third kappa shape index (κ3) is 2.50. The number of hydrogen-bond donors (Lipinski definition) is 1. The molecule has 1 radical (unpaired) electrons. The van der Waals surface area contributed by atoms with Gasteiger partial charge in [-0.3, -0.25) is 9.71 Å². The number of nitrogens with zero attached hydrogens (tertiary/aromatic N) is 1. The van der Waals surface area contributed by atoms with E-state index in [1.807, 2.05) is 0 Å². The van der Waals surface area contributed by atoms with Crippen LogP contribution >= 0.6 is 0 Å². The third-order valence-corrected chi connectivity index (χ3v) is 1.86. The molecular weight excluding hydrogens is 176 g/mol. The maximum atomic E-state index is 10.8. The molecule has 0 atom stereocenters. The highest BCUT2D eigenvalue weighted by molar-refractivity contribution is 7.92. The Morgan fingerprint density at radius 2 is 2.25 bits per heavy atom. The summed E-state index contributed by atoms with van der Waals surface area (Å²) in [6.07, 6.45) is 5.13. The second-order valence-corrected chi connectivity index (χ2v) is 4.25. The summed E-state index contributed by atoms with van der Waals surface area (Å²) >= 11 is 0. The molecule has 0 aliphatic carbocycles. The van der Waals surface area contributed by atoms with Crippen molar-refractivity contribution in [2.24, 2.45) is 0 Å². The Balaban J connectivity index is 2.98. The Morgan fingerprint density at radius 1 is 1.58 bits per heavy atom. The maximum Gasteiger partial charge on any atom is 0.229 e. The average molecular weight is 185 g/mol. The van der Waals surface area contributed by atoms with Crippen molar-refractivity contribution in [2.75, 3.05) is 11.0 Å². The van der Waals surface area contributed by atoms with Crippen LogP contribution in [0.5, 0.6) is 0 Å². The highest BCUT2D eigenvalue weighted by Gasteiger charge is 2.03. The molecule has 0 aliphatic rings. The summed E-state index contributed by atoms with van der Waals surface area (Å²) in [5.74, 6) is 0. The van der Waals surface area contributed by atoms with E-state index in [2.05, 4.69) is 15.9 Å². The summed E-state index contributed by atoms with van der Waals surface area (Å²) in [4.78, 5) is 3.68. The van der Waals surface area contributed by atoms with E-state index in [1.54, 1.807) is 13.0 Å². The lowest BCUT2D eigenvalue weighted by Gasteiger charge is -2.04. The van der Waals surface area contributed by atoms with Crippen LogP contribution in [-0.2, 0) is 10.0 Å². The Bertz CT molecular complexity index is 373. The van der Waals surface area contributed by atoms with Gasteiger partial charge in [-0.15, -0.1) is 0 Å². The molecule has 0 spiro atoms. The highest BCUT2D eigenvalue weighted by atomic mass is 32.2. The van der Waals surface area contributed by atoms with Crippen molar-refractivity contribution in [3.05, 3.63) is 24.0 Å². The number of aromatic nitrogens is 1. The Kier molecular flexibility index (Phi) is 2.32. The third-order valence-electron chi connectivity index (χ3n) is 1.27. The van der Waals surface area contributed by atoms with Crippen LogP contribution in [0.1, 0.15) is 5.56 Å². The first-order valence-corrected chi connectivity index (χ1v) is 5.18. The van der Waals surface area contributed by atoms with Gasteiger partial charge in [0, 0.05) is 0 Å². The molecule has 0 amide bonds. The Morgan fingerprint density at radius 3 is 2.75 bits per heavy atom. The van der Waals surface area contributed by atoms with Crippen LogP contribution in [0.2, 0.25) is 0 Å². The number of sulfonamides is 1. The van der Waals surface area contributed by atoms with Gasteiger partial charge in [0.1, 0.15) is 0 Å². The van der Waals surface area contributed by atoms with Gasteiger partial charge in [-0.1, -0.05) is 0 Å². The summed E-state index contributed by atoms with van der Waals surface area (Å²) in [5, 5.41) is 0. The van der Waals surface area contributed by atoms with Gasteiger partial charge in [-0.05, 0) is 18.6 Å². The van der Waals surface area contributed by atoms with E-state index in [-0.39, 0.29) is 0 Å². The summed E-state index contributed by atoms with van der Waals surface area (Å²) in [6.45, 7) is 1.78. The quantitative estimate of drug-likeness (QED) is 0.732. The number of anilines is 1. The molecule has 1 N–H and O–H groups in total. The van der Waals surface area contributed by atoms with E-state index >= 15 is 0 Å². The second kappa shape index (κ2) is 3.10. The first kappa shape index (κ1) is 8.99. The molecule has 5 heteroatoms. The van der Waals surface area contributed by atoms with Crippen molar-refractivity contribution in [1.29, 1.82) is 0 Å². The predicted molar refractivity (Wildman–Crippen MR) is 46.3 cm³/mol. The minimum atomic E-state index is -3.20. The molecular formula is C7H9N2O2S. The van der Waals surface area contributed by atoms with Crippen LogP contribution in [-0.4, -0.2) is 19.7 Å². The monoisotopic (exact) mass is 185 g/mol. The largest absolute Gasteiger partial charge is 0.282 e. The molecule has 1 rings (SSSR count). The summed E-state index contributed by atoms with van der Waals surface area (Å²) in [7, 11) is -3.20. The van der Waals surface area contributed by atoms with Crippen LogP contribution in [0.25, 0.3) is 0 Å². The molecule has 1 aromatic heterocycles. The topological polar surface area (TPSA) is 59.1 Å². The lowest BCUT2D eigenvalue weighted by atomic mass is 10.3. The van der Waals surface area contributed by atoms with Crippen LogP contribution in [0, 0.1) is 13.1 Å². The molecule has 0 unspecified atom stereocenters. The van der Waals surface area contributed by atoms with Crippen LogP contribution in [0.15, 0.2) is 12.3 Å². The summed E-state index contributed by atoms with van der Waals surface area (Å²) < 4.78 is 23.9. The van der Waals surface area contributed by atoms with Gasteiger partial charge in [0.2, 0.25) is 10.0 Å². The number of nitrogens with one attached hydrogen (secondary N) is 1. The molecule has 0 saturated heterocycles. The van der Waals surface area contributed by atoms with E-state index in [0.29, 0.717) is 5.69 Å². The van der Waals surface area contributed by atoms with E-state index < -0.39 is 10.0 Å². The minimum Gasteiger partial charge on any atom is -0.282 e. The van der Waals surface area contributed by atoms with Gasteiger partial charge in [0.25, 0.3) is 0 Å². The summed E-state index contributed by atoms with van der Waals surface area (Å²) in [6, 6.07) is 1.62. The van der Waals surface area contributed by atoms with Crippen molar-refractivity contribution in [3.63, 3.8) is 0 Å². The summed E-state index contributed by atoms with van der Waals surface area (Å²) in [5.41, 5.74) is 1.30. The standard InChI is InChI=1S/C7H9N2O2S/c1-6-3-4-8-5-7(6)9-12(2,10)11/h3,5,9H,1-2H3. The van der Waals surface area contributed by atoms with E-state index in [0.717, 1.165) is 11.8 Å². The van der Waals surface area contributed by atoms with Crippen molar-refractivity contribution in [2.45, 2.75) is 6.92 Å². The zero-order valence-corrected chi connectivity index (χ0v) is 7.64. The van der Waals surface area contributed by atoms with Crippen LogP contribution in [0.3, 0.4) is 0 Å². The van der Waals surface area contributed by atoms with Crippen molar-refractivity contribution < 1.29 is 8.42 Å². The van der Waals surface area contributed by atoms with Gasteiger partial charge >= 0.3 is 0 Å². The second-order valence-electron chi connectivity index (χ2n) is 2.50. The Hall–Kier alpha value is -1.10. The molecule has 12 heavy (non-hydrogen) atoms. The van der Waals surface area contributed by atoms with Crippen LogP contribution < -0.4 is 4.72 Å². The molecule has 0 bridgehead atoms. The molecule has 1 aromatic rings. The highest BCUT2D eigenvalue weighted by Crippen LogP contribution is 2.11. The van der Waals surface area contributed by atoms with Gasteiger partial charge in [0.15, 0.2) is 0 Å². The van der Waals surface area contributed by atoms with E-state index in [9.17, 15) is 8.42 Å². The lowest BCUT2D eigenvalue weighted by molar-refractivity contribution is 0.606. The molecule has 0 saturated carbocycles. The molecule has 4 nitrogen and oxygen atoms in total. The van der Waals surface area contributed by atoms with Gasteiger partial charge < -0.3 is 0 Å². The smallest absolute Gasteiger partial charge is 0.229 e. The van der Waals surface area contributed by atoms with Gasteiger partial charge in [0.05, 0.1) is 24.3 Å². The normalized spacial score (nSPS) is 11.2. The average Bonchev–Trinajstić information content (AvgIpc) is 1.91. The fraction of sp³-hybridized carbons (Fsp3) is 0.286. The predicted octanol–water partition coefficient (Wildman–Crippen LogP) is 0.562. The first-order valence-electron chi connectivity index (χ1n) is 3.29. The van der Waals surface area contributed by atoms with Crippen molar-refractivity contribution in [1.82, 2.24) is 4.98 Å². The molecule has 0 fully saturated rings. The maximum absolute atomic E-state index is 10.8. The SMILES string of the molecule is Cc1c[c]ncc1NS(C)(=O)=O. The lowest BCUT2D eigenvalue weighted by Crippen LogP contribution is -2.10. The Labute approximate surface area is 71.7 Å². The van der Waals surface area contributed by atoms with E-state index in [1.165, 1.54) is 6.20 Å². The van der Waals surface area contributed by atoms with Crippen LogP contribution in [0.4, 0.5) is 5.69 Å². The van der Waals surface area contributed by atoms with Crippen molar-refractivity contribution >= 4 is 15.7 Å². The van der Waals surface area contributed by atoms with Gasteiger partial charge in [-0.25, -0.2) is 8.42 Å². The zero-order chi connectivity index (χ0) is 9.19. The molecule has 0 aliphatic heterocycles. The number of pyridine rings is 1. The number of rotatable bonds is 2. The van der Waals surface area contributed by atoms with Gasteiger partial charge in [-0.2, -0.15) is 0 Å². The fourth-order valence-electron chi connectivity index (χ4n) is 0.722. The van der Waals surface area contributed by atoms with E-state index in [4.69, 9.17) is 0 Å². The molecule has 0 aromatic carbocycles. The first-order chi connectivity index (χ1) is 5.49. The number of aryl methyl sites for hydroxylation is 1. The minimum absolute atomic E-state index is 0.497. The molecule has 1 heterocycles. The fourth-order valence-corrected chi connectivity index (χ4v) is 1.34. The molecule has 65 valence electrons. The number of hydrogen-bond acceptors (Lipinski definition) is 3. The zero-order valence-electron chi connectivity index (χ0n) is 6.83.